The Morgan fingerprint density at radius 3 is 2.48 bits per heavy atom. The van der Waals surface area contributed by atoms with Gasteiger partial charge in [-0.1, -0.05) is 18.2 Å². The number of pyridine rings is 1. The third-order valence-corrected chi connectivity index (χ3v) is 5.28. The Morgan fingerprint density at radius 1 is 1.10 bits per heavy atom. The average Bonchev–Trinajstić information content (AvgIpc) is 3.16. The third kappa shape index (κ3) is 3.49. The highest BCUT2D eigenvalue weighted by Crippen LogP contribution is 2.32. The topological polar surface area (TPSA) is 106 Å². The molecule has 1 aromatic carbocycles. The molecule has 1 aliphatic rings. The molecule has 4 heterocycles. The van der Waals surface area contributed by atoms with Gasteiger partial charge in [0.25, 0.3) is 0 Å². The van der Waals surface area contributed by atoms with Crippen LogP contribution in [0.25, 0.3) is 27.8 Å². The van der Waals surface area contributed by atoms with Crippen molar-refractivity contribution in [2.75, 3.05) is 31.2 Å². The number of rotatable bonds is 4. The van der Waals surface area contributed by atoms with Gasteiger partial charge >= 0.3 is 5.97 Å². The van der Waals surface area contributed by atoms with E-state index in [2.05, 4.69) is 25.0 Å². The molecule has 9 nitrogen and oxygen atoms in total. The summed E-state index contributed by atoms with van der Waals surface area (Å²) in [6.07, 6.45) is 3.44. The smallest absolute Gasteiger partial charge is 0.354 e. The first kappa shape index (κ1) is 19.1. The maximum Gasteiger partial charge on any atom is 0.354 e. The minimum atomic E-state index is -1.10. The second-order valence-electron chi connectivity index (χ2n) is 7.26. The molecule has 1 saturated heterocycles. The van der Waals surface area contributed by atoms with Crippen molar-refractivity contribution in [3.05, 3.63) is 60.2 Å². The van der Waals surface area contributed by atoms with E-state index >= 15 is 0 Å². The number of anilines is 1. The summed E-state index contributed by atoms with van der Waals surface area (Å²) in [5.74, 6) is -0.472. The van der Waals surface area contributed by atoms with E-state index in [9.17, 15) is 9.90 Å². The molecule has 3 aromatic heterocycles. The minimum Gasteiger partial charge on any atom is -0.477 e. The van der Waals surface area contributed by atoms with Gasteiger partial charge in [-0.25, -0.2) is 24.4 Å². The summed E-state index contributed by atoms with van der Waals surface area (Å²) < 4.78 is 7.05. The van der Waals surface area contributed by atoms with E-state index in [-0.39, 0.29) is 5.69 Å². The standard InChI is InChI=1S/C22H20N6O3/c1-14-19-17(15-12-23-22(24-13-15)27-7-9-31-10-8-27)11-18(21(29)30)25-20(19)28(26-14)16-5-3-2-4-6-16/h2-6,11-13H,7-10H2,1H3,(H,29,30). The normalized spacial score (nSPS) is 14.2. The number of aromatic carboxylic acids is 1. The van der Waals surface area contributed by atoms with E-state index in [1.54, 1.807) is 23.1 Å². The number of nitrogens with zero attached hydrogens (tertiary/aromatic N) is 6. The monoisotopic (exact) mass is 416 g/mol. The zero-order valence-electron chi connectivity index (χ0n) is 16.9. The first-order valence-electron chi connectivity index (χ1n) is 9.96. The van der Waals surface area contributed by atoms with Gasteiger partial charge in [-0.2, -0.15) is 5.10 Å². The van der Waals surface area contributed by atoms with Crippen LogP contribution in [0.3, 0.4) is 0 Å². The van der Waals surface area contributed by atoms with Crippen LogP contribution in [0.15, 0.2) is 48.8 Å². The molecular formula is C22H20N6O3. The fraction of sp³-hybridized carbons (Fsp3) is 0.227. The number of carboxylic acid groups (broad SMARTS) is 1. The molecule has 9 heteroatoms. The molecule has 0 unspecified atom stereocenters. The lowest BCUT2D eigenvalue weighted by Gasteiger charge is -2.26. The van der Waals surface area contributed by atoms with Crippen molar-refractivity contribution < 1.29 is 14.6 Å². The number of fused-ring (bicyclic) bond motifs is 1. The summed E-state index contributed by atoms with van der Waals surface area (Å²) in [4.78, 5) is 27.3. The van der Waals surface area contributed by atoms with Crippen molar-refractivity contribution in [1.82, 2.24) is 24.7 Å². The van der Waals surface area contributed by atoms with E-state index in [1.165, 1.54) is 0 Å². The molecule has 0 atom stereocenters. The molecule has 0 radical (unpaired) electrons. The Hall–Kier alpha value is -3.85. The number of hydrogen-bond donors (Lipinski definition) is 1. The van der Waals surface area contributed by atoms with E-state index in [1.807, 2.05) is 37.3 Å². The van der Waals surface area contributed by atoms with Crippen LogP contribution in [0.4, 0.5) is 5.95 Å². The second-order valence-corrected chi connectivity index (χ2v) is 7.26. The Bertz CT molecular complexity index is 1250. The number of carboxylic acids is 1. The third-order valence-electron chi connectivity index (χ3n) is 5.28. The molecule has 0 spiro atoms. The molecule has 4 aromatic rings. The zero-order valence-corrected chi connectivity index (χ0v) is 16.9. The van der Waals surface area contributed by atoms with Crippen LogP contribution in [0.1, 0.15) is 16.2 Å². The van der Waals surface area contributed by atoms with Crippen molar-refractivity contribution in [2.45, 2.75) is 6.92 Å². The quantitative estimate of drug-likeness (QED) is 0.541. The van der Waals surface area contributed by atoms with Crippen LogP contribution in [0, 0.1) is 6.92 Å². The minimum absolute atomic E-state index is 0.0585. The number of benzene rings is 1. The van der Waals surface area contributed by atoms with E-state index in [4.69, 9.17) is 4.74 Å². The lowest BCUT2D eigenvalue weighted by molar-refractivity contribution is 0.0691. The van der Waals surface area contributed by atoms with Gasteiger partial charge in [-0.3, -0.25) is 0 Å². The molecule has 1 fully saturated rings. The lowest BCUT2D eigenvalue weighted by Crippen LogP contribution is -2.37. The SMILES string of the molecule is Cc1nn(-c2ccccc2)c2nc(C(=O)O)cc(-c3cnc(N4CCOCC4)nc3)c12. The maximum atomic E-state index is 11.8. The average molecular weight is 416 g/mol. The van der Waals surface area contributed by atoms with Gasteiger partial charge in [0, 0.05) is 36.6 Å². The molecule has 0 bridgehead atoms. The van der Waals surface area contributed by atoms with Gasteiger partial charge in [0.05, 0.1) is 30.0 Å². The van der Waals surface area contributed by atoms with E-state index < -0.39 is 5.97 Å². The Balaban J connectivity index is 1.66. The fourth-order valence-electron chi connectivity index (χ4n) is 3.76. The first-order chi connectivity index (χ1) is 15.1. The fourth-order valence-corrected chi connectivity index (χ4v) is 3.76. The van der Waals surface area contributed by atoms with Crippen molar-refractivity contribution >= 4 is 23.0 Å². The van der Waals surface area contributed by atoms with E-state index in [0.29, 0.717) is 35.9 Å². The highest BCUT2D eigenvalue weighted by molar-refractivity contribution is 5.99. The predicted octanol–water partition coefficient (Wildman–Crippen LogP) is 2.72. The van der Waals surface area contributed by atoms with E-state index in [0.717, 1.165) is 29.9 Å². The summed E-state index contributed by atoms with van der Waals surface area (Å²) in [6.45, 7) is 4.66. The van der Waals surface area contributed by atoms with Crippen LogP contribution in [-0.4, -0.2) is 62.1 Å². The lowest BCUT2D eigenvalue weighted by atomic mass is 10.0. The van der Waals surface area contributed by atoms with Gasteiger partial charge in [0.15, 0.2) is 11.3 Å². The highest BCUT2D eigenvalue weighted by atomic mass is 16.5. The second kappa shape index (κ2) is 7.77. The predicted molar refractivity (Wildman–Crippen MR) is 115 cm³/mol. The van der Waals surface area contributed by atoms with Crippen molar-refractivity contribution in [2.24, 2.45) is 0 Å². The highest BCUT2D eigenvalue weighted by Gasteiger charge is 2.20. The van der Waals surface area contributed by atoms with Crippen LogP contribution in [-0.2, 0) is 4.74 Å². The number of aromatic nitrogens is 5. The van der Waals surface area contributed by atoms with Crippen molar-refractivity contribution in [3.63, 3.8) is 0 Å². The summed E-state index contributed by atoms with van der Waals surface area (Å²) >= 11 is 0. The van der Waals surface area contributed by atoms with Gasteiger partial charge < -0.3 is 14.7 Å². The molecule has 156 valence electrons. The van der Waals surface area contributed by atoms with Crippen LogP contribution < -0.4 is 4.90 Å². The summed E-state index contributed by atoms with van der Waals surface area (Å²) in [5, 5.41) is 15.1. The molecule has 1 N–H and O–H groups in total. The van der Waals surface area contributed by atoms with Gasteiger partial charge in [-0.05, 0) is 25.1 Å². The van der Waals surface area contributed by atoms with Crippen LogP contribution in [0.5, 0.6) is 0 Å². The first-order valence-corrected chi connectivity index (χ1v) is 9.96. The number of ether oxygens (including phenoxy) is 1. The van der Waals surface area contributed by atoms with Crippen molar-refractivity contribution in [3.8, 4) is 16.8 Å². The summed E-state index contributed by atoms with van der Waals surface area (Å²) in [7, 11) is 0. The molecule has 5 rings (SSSR count). The molecule has 0 saturated carbocycles. The molecule has 1 aliphatic heterocycles. The largest absolute Gasteiger partial charge is 0.477 e. The number of para-hydroxylation sites is 1. The molecule has 0 amide bonds. The number of morpholine rings is 1. The summed E-state index contributed by atoms with van der Waals surface area (Å²) in [6, 6.07) is 11.1. The number of hydrogen-bond acceptors (Lipinski definition) is 7. The number of carbonyl (C=O) groups is 1. The maximum absolute atomic E-state index is 11.8. The molecular weight excluding hydrogens is 396 g/mol. The Labute approximate surface area is 178 Å². The Morgan fingerprint density at radius 2 is 1.81 bits per heavy atom. The van der Waals surface area contributed by atoms with Gasteiger partial charge in [0.2, 0.25) is 5.95 Å². The summed E-state index contributed by atoms with van der Waals surface area (Å²) in [5.41, 5.74) is 3.38. The molecule has 31 heavy (non-hydrogen) atoms. The van der Waals surface area contributed by atoms with Crippen LogP contribution >= 0.6 is 0 Å². The zero-order chi connectivity index (χ0) is 21.4. The van der Waals surface area contributed by atoms with Gasteiger partial charge in [0.1, 0.15) is 0 Å². The van der Waals surface area contributed by atoms with Gasteiger partial charge in [-0.15, -0.1) is 0 Å². The molecule has 0 aliphatic carbocycles. The van der Waals surface area contributed by atoms with Crippen LogP contribution in [0.2, 0.25) is 0 Å². The van der Waals surface area contributed by atoms with Crippen molar-refractivity contribution in [1.29, 1.82) is 0 Å². The number of aryl methyl sites for hydroxylation is 1. The Kier molecular flexibility index (Phi) is 4.79.